The van der Waals surface area contributed by atoms with Crippen LogP contribution in [0.3, 0.4) is 0 Å². The average molecular weight is 387 g/mol. The van der Waals surface area contributed by atoms with E-state index in [2.05, 4.69) is 25.5 Å². The summed E-state index contributed by atoms with van der Waals surface area (Å²) in [6.45, 7) is 4.95. The summed E-state index contributed by atoms with van der Waals surface area (Å²) >= 11 is 0. The molecule has 8 heteroatoms. The number of anilines is 1. The van der Waals surface area contributed by atoms with Crippen molar-refractivity contribution in [3.8, 4) is 0 Å². The van der Waals surface area contributed by atoms with E-state index in [1.807, 2.05) is 4.90 Å². The Bertz CT molecular complexity index is 691. The van der Waals surface area contributed by atoms with Crippen LogP contribution in [-0.4, -0.2) is 72.5 Å². The van der Waals surface area contributed by atoms with Crippen LogP contribution in [0, 0.1) is 11.3 Å². The van der Waals surface area contributed by atoms with Gasteiger partial charge < -0.3 is 20.4 Å². The summed E-state index contributed by atoms with van der Waals surface area (Å²) in [6, 6.07) is 1.80. The van der Waals surface area contributed by atoms with Gasteiger partial charge in [0.25, 0.3) is 0 Å². The largest absolute Gasteiger partial charge is 0.355 e. The van der Waals surface area contributed by atoms with Crippen LogP contribution in [0.15, 0.2) is 18.5 Å². The summed E-state index contributed by atoms with van der Waals surface area (Å²) in [5.74, 6) is 1.41. The van der Waals surface area contributed by atoms with E-state index in [0.717, 1.165) is 45.4 Å². The number of nitrogens with zero attached hydrogens (tertiary/aromatic N) is 4. The molecule has 1 aromatic rings. The van der Waals surface area contributed by atoms with Gasteiger partial charge in [0, 0.05) is 58.1 Å². The molecule has 4 rings (SSSR count). The van der Waals surface area contributed by atoms with E-state index in [-0.39, 0.29) is 17.2 Å². The SMILES string of the molecule is O=C(CCNC(=O)[C@@]12CCCC[C@H]1CNC2)N1CCN(c2ncccn2)CC1. The van der Waals surface area contributed by atoms with Crippen molar-refractivity contribution in [1.82, 2.24) is 25.5 Å². The number of aromatic nitrogens is 2. The van der Waals surface area contributed by atoms with E-state index in [1.54, 1.807) is 18.5 Å². The van der Waals surface area contributed by atoms with Crippen molar-refractivity contribution in [2.24, 2.45) is 11.3 Å². The molecule has 1 saturated carbocycles. The van der Waals surface area contributed by atoms with Crippen LogP contribution in [0.5, 0.6) is 0 Å². The maximum absolute atomic E-state index is 12.9. The van der Waals surface area contributed by atoms with Gasteiger partial charge in [-0.1, -0.05) is 12.8 Å². The summed E-state index contributed by atoms with van der Waals surface area (Å²) in [5.41, 5.74) is -0.247. The van der Waals surface area contributed by atoms with Gasteiger partial charge in [0.15, 0.2) is 0 Å². The second-order valence-corrected chi connectivity index (χ2v) is 8.15. The number of carbonyl (C=O) groups is 2. The number of nitrogens with one attached hydrogen (secondary N) is 2. The molecule has 2 amide bonds. The second-order valence-electron chi connectivity index (χ2n) is 8.15. The predicted molar refractivity (Wildman–Crippen MR) is 106 cm³/mol. The molecule has 1 aromatic heterocycles. The average Bonchev–Trinajstić information content (AvgIpc) is 3.20. The number of amides is 2. The van der Waals surface area contributed by atoms with Crippen LogP contribution in [0.25, 0.3) is 0 Å². The van der Waals surface area contributed by atoms with Crippen LogP contribution in [-0.2, 0) is 9.59 Å². The molecule has 8 nitrogen and oxygen atoms in total. The van der Waals surface area contributed by atoms with Gasteiger partial charge in [-0.25, -0.2) is 9.97 Å². The van der Waals surface area contributed by atoms with Crippen molar-refractivity contribution in [3.05, 3.63) is 18.5 Å². The molecular weight excluding hydrogens is 356 g/mol. The minimum Gasteiger partial charge on any atom is -0.355 e. The van der Waals surface area contributed by atoms with Crippen molar-refractivity contribution < 1.29 is 9.59 Å². The Kier molecular flexibility index (Phi) is 5.75. The molecule has 152 valence electrons. The zero-order valence-corrected chi connectivity index (χ0v) is 16.4. The monoisotopic (exact) mass is 386 g/mol. The lowest BCUT2D eigenvalue weighted by atomic mass is 9.67. The Labute approximate surface area is 166 Å². The second kappa shape index (κ2) is 8.43. The van der Waals surface area contributed by atoms with Crippen molar-refractivity contribution >= 4 is 17.8 Å². The molecule has 0 spiro atoms. The Morgan fingerprint density at radius 2 is 1.96 bits per heavy atom. The van der Waals surface area contributed by atoms with Crippen molar-refractivity contribution in [1.29, 1.82) is 0 Å². The van der Waals surface area contributed by atoms with Gasteiger partial charge in [-0.15, -0.1) is 0 Å². The smallest absolute Gasteiger partial charge is 0.227 e. The molecule has 2 N–H and O–H groups in total. The summed E-state index contributed by atoms with van der Waals surface area (Å²) in [5, 5.41) is 6.47. The third kappa shape index (κ3) is 3.83. The Hall–Kier alpha value is -2.22. The molecule has 28 heavy (non-hydrogen) atoms. The standard InChI is InChI=1S/C20H30N6O2/c27-17(25-10-12-26(13-11-25)19-23-7-3-8-24-19)5-9-22-18(28)20-6-2-1-4-16(20)14-21-15-20/h3,7-8,16,21H,1-2,4-6,9-15H2,(H,22,28)/t16-,20+/m0/s1. The first kappa shape index (κ1) is 19.1. The topological polar surface area (TPSA) is 90.5 Å². The van der Waals surface area contributed by atoms with Crippen LogP contribution in [0.2, 0.25) is 0 Å². The van der Waals surface area contributed by atoms with Gasteiger partial charge in [-0.3, -0.25) is 9.59 Å². The normalized spacial score (nSPS) is 27.4. The van der Waals surface area contributed by atoms with E-state index in [4.69, 9.17) is 0 Å². The lowest BCUT2D eigenvalue weighted by Crippen LogP contribution is -2.51. The molecule has 0 bridgehead atoms. The molecule has 1 aliphatic carbocycles. The Morgan fingerprint density at radius 3 is 2.75 bits per heavy atom. The molecular formula is C20H30N6O2. The number of fused-ring (bicyclic) bond motifs is 1. The van der Waals surface area contributed by atoms with Gasteiger partial charge in [-0.05, 0) is 31.4 Å². The first-order valence-corrected chi connectivity index (χ1v) is 10.5. The Morgan fingerprint density at radius 1 is 1.18 bits per heavy atom. The van der Waals surface area contributed by atoms with Crippen LogP contribution in [0.4, 0.5) is 5.95 Å². The highest BCUT2D eigenvalue weighted by atomic mass is 16.2. The number of hydrogen-bond donors (Lipinski definition) is 2. The highest BCUT2D eigenvalue weighted by molar-refractivity contribution is 5.84. The molecule has 3 aliphatic rings. The van der Waals surface area contributed by atoms with Crippen LogP contribution < -0.4 is 15.5 Å². The summed E-state index contributed by atoms with van der Waals surface area (Å²) < 4.78 is 0. The quantitative estimate of drug-likeness (QED) is 0.762. The molecule has 2 saturated heterocycles. The van der Waals surface area contributed by atoms with Gasteiger partial charge in [-0.2, -0.15) is 0 Å². The fourth-order valence-electron chi connectivity index (χ4n) is 4.92. The Balaban J connectivity index is 1.21. The molecule has 2 aliphatic heterocycles. The molecule has 0 radical (unpaired) electrons. The number of hydrogen-bond acceptors (Lipinski definition) is 6. The van der Waals surface area contributed by atoms with Gasteiger partial charge in [0.2, 0.25) is 17.8 Å². The third-order valence-corrected chi connectivity index (χ3v) is 6.58. The van der Waals surface area contributed by atoms with Crippen molar-refractivity contribution in [3.63, 3.8) is 0 Å². The van der Waals surface area contributed by atoms with E-state index in [0.29, 0.717) is 37.9 Å². The maximum Gasteiger partial charge on any atom is 0.227 e. The number of rotatable bonds is 5. The van der Waals surface area contributed by atoms with Gasteiger partial charge in [0.1, 0.15) is 0 Å². The van der Waals surface area contributed by atoms with E-state index < -0.39 is 0 Å². The molecule has 0 unspecified atom stereocenters. The summed E-state index contributed by atoms with van der Waals surface area (Å²) in [4.78, 5) is 37.9. The van der Waals surface area contributed by atoms with Gasteiger partial charge >= 0.3 is 0 Å². The van der Waals surface area contributed by atoms with E-state index >= 15 is 0 Å². The highest BCUT2D eigenvalue weighted by Gasteiger charge is 2.49. The van der Waals surface area contributed by atoms with Crippen molar-refractivity contribution in [2.45, 2.75) is 32.1 Å². The fourth-order valence-corrected chi connectivity index (χ4v) is 4.92. The van der Waals surface area contributed by atoms with E-state index in [1.165, 1.54) is 6.42 Å². The lowest BCUT2D eigenvalue weighted by Gasteiger charge is -2.37. The summed E-state index contributed by atoms with van der Waals surface area (Å²) in [6.07, 6.45) is 8.28. The zero-order valence-electron chi connectivity index (χ0n) is 16.4. The molecule has 2 atom stereocenters. The minimum absolute atomic E-state index is 0.108. The van der Waals surface area contributed by atoms with Crippen molar-refractivity contribution in [2.75, 3.05) is 50.7 Å². The maximum atomic E-state index is 12.9. The zero-order chi connectivity index (χ0) is 19.4. The van der Waals surface area contributed by atoms with Gasteiger partial charge in [0.05, 0.1) is 5.41 Å². The number of carbonyl (C=O) groups excluding carboxylic acids is 2. The third-order valence-electron chi connectivity index (χ3n) is 6.58. The number of piperazine rings is 1. The van der Waals surface area contributed by atoms with Crippen LogP contribution >= 0.6 is 0 Å². The minimum atomic E-state index is -0.247. The van der Waals surface area contributed by atoms with Crippen LogP contribution in [0.1, 0.15) is 32.1 Å². The van der Waals surface area contributed by atoms with E-state index in [9.17, 15) is 9.59 Å². The molecule has 3 heterocycles. The summed E-state index contributed by atoms with van der Waals surface area (Å²) in [7, 11) is 0. The molecule has 0 aromatic carbocycles. The predicted octanol–water partition coefficient (Wildman–Crippen LogP) is 0.411. The lowest BCUT2D eigenvalue weighted by molar-refractivity contribution is -0.134. The first-order valence-electron chi connectivity index (χ1n) is 10.5. The molecule has 3 fully saturated rings. The first-order chi connectivity index (χ1) is 13.7. The fraction of sp³-hybridized carbons (Fsp3) is 0.700. The highest BCUT2D eigenvalue weighted by Crippen LogP contribution is 2.43.